The highest BCUT2D eigenvalue weighted by molar-refractivity contribution is 7.19. The van der Waals surface area contributed by atoms with Crippen molar-refractivity contribution in [2.24, 2.45) is 0 Å². The molecule has 0 aliphatic heterocycles. The van der Waals surface area contributed by atoms with Crippen LogP contribution in [0.3, 0.4) is 0 Å². The minimum Gasteiger partial charge on any atom is -0.456 e. The van der Waals surface area contributed by atoms with Crippen molar-refractivity contribution < 1.29 is 14.3 Å². The third-order valence-electron chi connectivity index (χ3n) is 3.46. The van der Waals surface area contributed by atoms with Gasteiger partial charge < -0.3 is 14.8 Å². The van der Waals surface area contributed by atoms with Crippen molar-refractivity contribution in [3.63, 3.8) is 0 Å². The smallest absolute Gasteiger partial charge is 0.287 e. The van der Waals surface area contributed by atoms with E-state index in [1.807, 2.05) is 37.3 Å². The van der Waals surface area contributed by atoms with Gasteiger partial charge in [-0.3, -0.25) is 4.79 Å². The Bertz CT molecular complexity index is 757. The summed E-state index contributed by atoms with van der Waals surface area (Å²) in [7, 11) is 0. The Hall–Kier alpha value is -2.11. The maximum Gasteiger partial charge on any atom is 0.287 e. The van der Waals surface area contributed by atoms with Crippen LogP contribution in [0, 0.1) is 0 Å². The van der Waals surface area contributed by atoms with Gasteiger partial charge in [0.2, 0.25) is 0 Å². The molecule has 2 aromatic heterocycles. The molecule has 2 heterocycles. The molecule has 22 heavy (non-hydrogen) atoms. The summed E-state index contributed by atoms with van der Waals surface area (Å²) < 4.78 is 6.52. The molecule has 0 spiro atoms. The molecule has 0 aliphatic carbocycles. The third kappa shape index (κ3) is 3.05. The Kier molecular flexibility index (Phi) is 4.27. The average Bonchev–Trinajstić information content (AvgIpc) is 3.18. The summed E-state index contributed by atoms with van der Waals surface area (Å²) in [5.41, 5.74) is 0. The summed E-state index contributed by atoms with van der Waals surface area (Å²) in [6.45, 7) is 2.12. The van der Waals surface area contributed by atoms with Gasteiger partial charge in [0.1, 0.15) is 11.9 Å². The van der Waals surface area contributed by atoms with E-state index in [1.54, 1.807) is 12.1 Å². The Morgan fingerprint density at radius 2 is 2.14 bits per heavy atom. The lowest BCUT2D eigenvalue weighted by Gasteiger charge is -2.09. The standard InChI is InChI=1S/C17H17NO3S/c1-2-12-7-8-14(21-12)17(20)18-10-13(19)16-9-11-5-3-4-6-15(11)22-16/h3-9,13,19H,2,10H2,1H3,(H,18,20). The van der Waals surface area contributed by atoms with Crippen molar-refractivity contribution in [1.82, 2.24) is 5.32 Å². The number of nitrogens with one attached hydrogen (secondary N) is 1. The highest BCUT2D eigenvalue weighted by Gasteiger charge is 2.15. The minimum atomic E-state index is -0.720. The van der Waals surface area contributed by atoms with Crippen LogP contribution in [0.2, 0.25) is 0 Å². The van der Waals surface area contributed by atoms with Gasteiger partial charge in [0.25, 0.3) is 5.91 Å². The Morgan fingerprint density at radius 1 is 1.32 bits per heavy atom. The van der Waals surface area contributed by atoms with Crippen LogP contribution in [-0.4, -0.2) is 17.6 Å². The largest absolute Gasteiger partial charge is 0.456 e. The molecule has 0 radical (unpaired) electrons. The van der Waals surface area contributed by atoms with Gasteiger partial charge in [-0.15, -0.1) is 11.3 Å². The number of carbonyl (C=O) groups excluding carboxylic acids is 1. The first kappa shape index (κ1) is 14.8. The zero-order chi connectivity index (χ0) is 15.5. The van der Waals surface area contributed by atoms with E-state index in [0.29, 0.717) is 0 Å². The number of thiophene rings is 1. The average molecular weight is 315 g/mol. The third-order valence-corrected chi connectivity index (χ3v) is 4.68. The molecule has 1 unspecified atom stereocenters. The molecule has 0 saturated carbocycles. The van der Waals surface area contributed by atoms with Gasteiger partial charge in [-0.2, -0.15) is 0 Å². The predicted molar refractivity (Wildman–Crippen MR) is 87.2 cm³/mol. The van der Waals surface area contributed by atoms with Gasteiger partial charge in [0.15, 0.2) is 5.76 Å². The lowest BCUT2D eigenvalue weighted by Crippen LogP contribution is -2.27. The number of furan rings is 1. The number of hydrogen-bond donors (Lipinski definition) is 2. The second-order valence-electron chi connectivity index (χ2n) is 5.03. The molecule has 0 aliphatic rings. The van der Waals surface area contributed by atoms with Crippen LogP contribution >= 0.6 is 11.3 Å². The van der Waals surface area contributed by atoms with Gasteiger partial charge in [-0.05, 0) is 29.7 Å². The highest BCUT2D eigenvalue weighted by Crippen LogP contribution is 2.29. The molecule has 0 fully saturated rings. The zero-order valence-corrected chi connectivity index (χ0v) is 13.0. The Balaban J connectivity index is 1.64. The van der Waals surface area contributed by atoms with E-state index in [9.17, 15) is 9.90 Å². The summed E-state index contributed by atoms with van der Waals surface area (Å²) in [5.74, 6) is 0.746. The zero-order valence-electron chi connectivity index (χ0n) is 12.2. The topological polar surface area (TPSA) is 62.5 Å². The number of benzene rings is 1. The van der Waals surface area contributed by atoms with Crippen LogP contribution in [0.4, 0.5) is 0 Å². The van der Waals surface area contributed by atoms with Gasteiger partial charge >= 0.3 is 0 Å². The first-order valence-corrected chi connectivity index (χ1v) is 8.02. The van der Waals surface area contributed by atoms with Crippen LogP contribution < -0.4 is 5.32 Å². The van der Waals surface area contributed by atoms with E-state index in [1.165, 1.54) is 11.3 Å². The molecule has 5 heteroatoms. The molecule has 0 bridgehead atoms. The first-order chi connectivity index (χ1) is 10.7. The second-order valence-corrected chi connectivity index (χ2v) is 6.15. The van der Waals surface area contributed by atoms with E-state index >= 15 is 0 Å². The quantitative estimate of drug-likeness (QED) is 0.757. The number of aliphatic hydroxyl groups is 1. The Morgan fingerprint density at radius 3 is 2.86 bits per heavy atom. The maximum absolute atomic E-state index is 12.0. The fourth-order valence-electron chi connectivity index (χ4n) is 2.23. The van der Waals surface area contributed by atoms with Gasteiger partial charge in [0.05, 0.1) is 0 Å². The second kappa shape index (κ2) is 6.34. The summed E-state index contributed by atoms with van der Waals surface area (Å²) in [6, 6.07) is 13.4. The number of fused-ring (bicyclic) bond motifs is 1. The summed E-state index contributed by atoms with van der Waals surface area (Å²) in [4.78, 5) is 12.8. The van der Waals surface area contributed by atoms with Crippen molar-refractivity contribution in [2.45, 2.75) is 19.4 Å². The fraction of sp³-hybridized carbons (Fsp3) is 0.235. The highest BCUT2D eigenvalue weighted by atomic mass is 32.1. The van der Waals surface area contributed by atoms with Crippen molar-refractivity contribution in [1.29, 1.82) is 0 Å². The molecular weight excluding hydrogens is 298 g/mol. The molecule has 114 valence electrons. The van der Waals surface area contributed by atoms with Gasteiger partial charge in [0, 0.05) is 22.5 Å². The van der Waals surface area contributed by atoms with E-state index in [-0.39, 0.29) is 18.2 Å². The minimum absolute atomic E-state index is 0.161. The molecular formula is C17H17NO3S. The first-order valence-electron chi connectivity index (χ1n) is 7.21. The number of amides is 1. The summed E-state index contributed by atoms with van der Waals surface area (Å²) >= 11 is 1.54. The van der Waals surface area contributed by atoms with E-state index in [0.717, 1.165) is 27.1 Å². The summed E-state index contributed by atoms with van der Waals surface area (Å²) in [5, 5.41) is 14.0. The van der Waals surface area contributed by atoms with Crippen molar-refractivity contribution in [3.8, 4) is 0 Å². The van der Waals surface area contributed by atoms with E-state index < -0.39 is 6.10 Å². The monoisotopic (exact) mass is 315 g/mol. The fourth-order valence-corrected chi connectivity index (χ4v) is 3.28. The molecule has 3 rings (SSSR count). The normalized spacial score (nSPS) is 12.5. The predicted octanol–water partition coefficient (Wildman–Crippen LogP) is 3.52. The number of rotatable bonds is 5. The molecule has 0 saturated heterocycles. The molecule has 4 nitrogen and oxygen atoms in total. The number of hydrogen-bond acceptors (Lipinski definition) is 4. The number of carbonyl (C=O) groups is 1. The van der Waals surface area contributed by atoms with E-state index in [4.69, 9.17) is 4.42 Å². The molecule has 1 aromatic carbocycles. The SMILES string of the molecule is CCc1ccc(C(=O)NCC(O)c2cc3ccccc3s2)o1. The Labute approximate surface area is 132 Å². The molecule has 3 aromatic rings. The maximum atomic E-state index is 12.0. The van der Waals surface area contributed by atoms with Crippen LogP contribution in [-0.2, 0) is 6.42 Å². The summed E-state index contributed by atoms with van der Waals surface area (Å²) in [6.07, 6.45) is 0.0273. The molecule has 1 atom stereocenters. The lowest BCUT2D eigenvalue weighted by atomic mass is 10.2. The number of aliphatic hydroxyl groups excluding tert-OH is 1. The van der Waals surface area contributed by atoms with Crippen LogP contribution in [0.5, 0.6) is 0 Å². The van der Waals surface area contributed by atoms with Crippen molar-refractivity contribution >= 4 is 27.3 Å². The van der Waals surface area contributed by atoms with Crippen molar-refractivity contribution in [3.05, 3.63) is 58.9 Å². The molecule has 2 N–H and O–H groups in total. The van der Waals surface area contributed by atoms with Crippen molar-refractivity contribution in [2.75, 3.05) is 6.54 Å². The van der Waals surface area contributed by atoms with Crippen LogP contribution in [0.1, 0.15) is 34.2 Å². The molecule has 1 amide bonds. The van der Waals surface area contributed by atoms with Crippen LogP contribution in [0.15, 0.2) is 46.9 Å². The van der Waals surface area contributed by atoms with Gasteiger partial charge in [-0.1, -0.05) is 25.1 Å². The van der Waals surface area contributed by atoms with E-state index in [2.05, 4.69) is 5.32 Å². The number of aryl methyl sites for hydroxylation is 1. The lowest BCUT2D eigenvalue weighted by molar-refractivity contribution is 0.0889. The van der Waals surface area contributed by atoms with Crippen LogP contribution in [0.25, 0.3) is 10.1 Å². The van der Waals surface area contributed by atoms with Gasteiger partial charge in [-0.25, -0.2) is 0 Å².